The molecule has 0 heterocycles. The minimum Gasteiger partial charge on any atom is -0.365 e. The summed E-state index contributed by atoms with van der Waals surface area (Å²) in [6.45, 7) is 6.15. The molecule has 4 N–H and O–H groups in total. The quantitative estimate of drug-likeness (QED) is 0.185. The lowest BCUT2D eigenvalue weighted by Gasteiger charge is -2.25. The van der Waals surface area contributed by atoms with Gasteiger partial charge in [0.2, 0.25) is 0 Å². The van der Waals surface area contributed by atoms with Crippen molar-refractivity contribution in [1.29, 1.82) is 0 Å². The van der Waals surface area contributed by atoms with Crippen LogP contribution in [0.3, 0.4) is 0 Å². The number of carbonyl (C=O) groups is 2. The molecule has 2 rings (SSSR count). The molecule has 0 aromatic rings. The lowest BCUT2D eigenvalue weighted by atomic mass is 9.89. The van der Waals surface area contributed by atoms with Crippen LogP contribution >= 0.6 is 0 Å². The summed E-state index contributed by atoms with van der Waals surface area (Å²) in [7, 11) is 1.76. The van der Waals surface area contributed by atoms with E-state index < -0.39 is 11.8 Å². The van der Waals surface area contributed by atoms with Crippen LogP contribution in [-0.2, 0) is 14.3 Å². The van der Waals surface area contributed by atoms with Gasteiger partial charge in [-0.3, -0.25) is 14.9 Å². The largest absolute Gasteiger partial charge is 0.365 e. The van der Waals surface area contributed by atoms with E-state index in [0.29, 0.717) is 24.9 Å². The van der Waals surface area contributed by atoms with E-state index in [-0.39, 0.29) is 6.23 Å². The number of rotatable bonds is 14. The molecule has 0 bridgehead atoms. The number of hydrogen-bond donors (Lipinski definition) is 4. The molecule has 0 aromatic heterocycles. The minimum atomic E-state index is -0.501. The molecule has 2 aliphatic rings. The molecule has 0 aromatic carbocycles. The first-order chi connectivity index (χ1) is 15.6. The maximum Gasteiger partial charge on any atom is 0.309 e. The smallest absolute Gasteiger partial charge is 0.309 e. The molecular formula is C25H48N4O3. The number of amides is 2. The summed E-state index contributed by atoms with van der Waals surface area (Å²) < 4.78 is 5.57. The molecule has 2 fully saturated rings. The molecule has 0 spiro atoms. The second kappa shape index (κ2) is 16.4. The molecular weight excluding hydrogens is 404 g/mol. The molecule has 0 radical (unpaired) electrons. The summed E-state index contributed by atoms with van der Waals surface area (Å²) in [4.78, 5) is 23.9. The first-order valence-electron chi connectivity index (χ1n) is 13.1. The van der Waals surface area contributed by atoms with Gasteiger partial charge in [-0.2, -0.15) is 0 Å². The van der Waals surface area contributed by atoms with Gasteiger partial charge in [0.1, 0.15) is 6.23 Å². The normalized spacial score (nSPS) is 19.9. The van der Waals surface area contributed by atoms with Gasteiger partial charge in [-0.05, 0) is 62.8 Å². The third-order valence-electron chi connectivity index (χ3n) is 7.11. The van der Waals surface area contributed by atoms with E-state index in [4.69, 9.17) is 4.74 Å². The number of ether oxygens (including phenoxy) is 1. The molecule has 2 amide bonds. The van der Waals surface area contributed by atoms with E-state index in [1.807, 2.05) is 0 Å². The summed E-state index contributed by atoms with van der Waals surface area (Å²) in [5, 5.41) is 12.6. The first kappa shape index (κ1) is 27.1. The van der Waals surface area contributed by atoms with Crippen molar-refractivity contribution < 1.29 is 14.3 Å². The molecule has 0 aliphatic heterocycles. The average Bonchev–Trinajstić information content (AvgIpc) is 2.83. The van der Waals surface area contributed by atoms with E-state index in [1.54, 1.807) is 7.11 Å². The Labute approximate surface area is 195 Å². The Morgan fingerprint density at radius 3 is 2.06 bits per heavy atom. The lowest BCUT2D eigenvalue weighted by Crippen LogP contribution is -2.43. The number of hydrogen-bond acceptors (Lipinski definition) is 5. The highest BCUT2D eigenvalue weighted by Crippen LogP contribution is 2.23. The van der Waals surface area contributed by atoms with E-state index in [9.17, 15) is 9.59 Å². The van der Waals surface area contributed by atoms with Crippen LogP contribution in [0.15, 0.2) is 0 Å². The Bertz CT molecular complexity index is 519. The summed E-state index contributed by atoms with van der Waals surface area (Å²) >= 11 is 0. The molecule has 32 heavy (non-hydrogen) atoms. The van der Waals surface area contributed by atoms with Gasteiger partial charge >= 0.3 is 11.8 Å². The molecule has 7 nitrogen and oxygen atoms in total. The van der Waals surface area contributed by atoms with Crippen LogP contribution in [0.5, 0.6) is 0 Å². The van der Waals surface area contributed by atoms with Crippen molar-refractivity contribution in [2.45, 2.75) is 90.2 Å². The first-order valence-corrected chi connectivity index (χ1v) is 13.1. The molecule has 7 heteroatoms. The van der Waals surface area contributed by atoms with Gasteiger partial charge in [0.25, 0.3) is 0 Å². The van der Waals surface area contributed by atoms with Crippen molar-refractivity contribution in [3.63, 3.8) is 0 Å². The predicted molar refractivity (Wildman–Crippen MR) is 129 cm³/mol. The van der Waals surface area contributed by atoms with Gasteiger partial charge in [-0.25, -0.2) is 0 Å². The Balaban J connectivity index is 1.46. The fourth-order valence-corrected chi connectivity index (χ4v) is 4.93. The summed E-state index contributed by atoms with van der Waals surface area (Å²) in [5.74, 6) is 0.844. The standard InChI is InChI=1S/C25H48N4O3/c1-20(16-26-19-23(32-2)28-17-21-11-5-3-6-12-21)10-9-15-27-24(30)25(31)29-18-22-13-7-4-8-14-22/h20-23,26,28H,3-19H2,1-2H3,(H,27,30)(H,29,31). The number of nitrogens with one attached hydrogen (secondary N) is 4. The van der Waals surface area contributed by atoms with Gasteiger partial charge in [0.05, 0.1) is 0 Å². The third kappa shape index (κ3) is 11.6. The molecule has 2 saturated carbocycles. The number of carbonyl (C=O) groups excluding carboxylic acids is 2. The van der Waals surface area contributed by atoms with Crippen molar-refractivity contribution in [3.05, 3.63) is 0 Å². The minimum absolute atomic E-state index is 0.0514. The maximum atomic E-state index is 12.0. The van der Waals surface area contributed by atoms with Crippen LogP contribution in [0, 0.1) is 17.8 Å². The zero-order valence-electron chi connectivity index (χ0n) is 20.6. The van der Waals surface area contributed by atoms with Crippen molar-refractivity contribution in [2.24, 2.45) is 17.8 Å². The van der Waals surface area contributed by atoms with Crippen LogP contribution < -0.4 is 21.3 Å². The number of methoxy groups -OCH3 is 1. The van der Waals surface area contributed by atoms with E-state index in [2.05, 4.69) is 28.2 Å². The second-order valence-electron chi connectivity index (χ2n) is 10.0. The van der Waals surface area contributed by atoms with Crippen molar-refractivity contribution in [2.75, 3.05) is 39.8 Å². The monoisotopic (exact) mass is 452 g/mol. The summed E-state index contributed by atoms with van der Waals surface area (Å²) in [6.07, 6.45) is 14.8. The maximum absolute atomic E-state index is 12.0. The van der Waals surface area contributed by atoms with E-state index in [0.717, 1.165) is 51.2 Å². The highest BCUT2D eigenvalue weighted by molar-refractivity contribution is 6.35. The van der Waals surface area contributed by atoms with Gasteiger partial charge in [0, 0.05) is 33.3 Å². The summed E-state index contributed by atoms with van der Waals surface area (Å²) in [5.41, 5.74) is 0. The van der Waals surface area contributed by atoms with Crippen LogP contribution in [0.25, 0.3) is 0 Å². The SMILES string of the molecule is COC(CNCC(C)CCCNC(=O)C(=O)NCC1CCCCC1)NCC1CCCCC1. The fourth-order valence-electron chi connectivity index (χ4n) is 4.93. The zero-order valence-corrected chi connectivity index (χ0v) is 20.6. The highest BCUT2D eigenvalue weighted by Gasteiger charge is 2.18. The van der Waals surface area contributed by atoms with E-state index >= 15 is 0 Å². The van der Waals surface area contributed by atoms with Crippen molar-refractivity contribution in [3.8, 4) is 0 Å². The van der Waals surface area contributed by atoms with Crippen molar-refractivity contribution >= 4 is 11.8 Å². The molecule has 2 unspecified atom stereocenters. The van der Waals surface area contributed by atoms with Gasteiger partial charge in [-0.15, -0.1) is 0 Å². The topological polar surface area (TPSA) is 91.5 Å². The van der Waals surface area contributed by atoms with Crippen LogP contribution in [-0.4, -0.2) is 57.9 Å². The molecule has 0 saturated heterocycles. The Hall–Kier alpha value is -1.18. The average molecular weight is 453 g/mol. The second-order valence-corrected chi connectivity index (χ2v) is 10.0. The molecule has 186 valence electrons. The zero-order chi connectivity index (χ0) is 23.0. The van der Waals surface area contributed by atoms with Crippen molar-refractivity contribution in [1.82, 2.24) is 21.3 Å². The Morgan fingerprint density at radius 1 is 0.844 bits per heavy atom. The molecule has 2 aliphatic carbocycles. The highest BCUT2D eigenvalue weighted by atomic mass is 16.5. The fraction of sp³-hybridized carbons (Fsp3) is 0.920. The van der Waals surface area contributed by atoms with Gasteiger partial charge in [0.15, 0.2) is 0 Å². The van der Waals surface area contributed by atoms with Crippen LogP contribution in [0.4, 0.5) is 0 Å². The molecule has 2 atom stereocenters. The summed E-state index contributed by atoms with van der Waals surface area (Å²) in [6, 6.07) is 0. The van der Waals surface area contributed by atoms with Crippen LogP contribution in [0.2, 0.25) is 0 Å². The van der Waals surface area contributed by atoms with Gasteiger partial charge in [-0.1, -0.05) is 45.4 Å². The Kier molecular flexibility index (Phi) is 13.9. The van der Waals surface area contributed by atoms with Gasteiger partial charge < -0.3 is 20.7 Å². The predicted octanol–water partition coefficient (Wildman–Crippen LogP) is 2.95. The lowest BCUT2D eigenvalue weighted by molar-refractivity contribution is -0.139. The van der Waals surface area contributed by atoms with Crippen LogP contribution in [0.1, 0.15) is 84.0 Å². The van der Waals surface area contributed by atoms with E-state index in [1.165, 1.54) is 51.4 Å². The third-order valence-corrected chi connectivity index (χ3v) is 7.11. The Morgan fingerprint density at radius 2 is 1.44 bits per heavy atom.